The fraction of sp³-hybridized carbons (Fsp3) is 0.692. The second-order valence-corrected chi connectivity index (χ2v) is 8.21. The minimum atomic E-state index is -3.24. The third-order valence-corrected chi connectivity index (χ3v) is 5.82. The molecule has 1 aromatic rings. The van der Waals surface area contributed by atoms with E-state index in [-0.39, 0.29) is 23.8 Å². The third kappa shape index (κ3) is 4.27. The van der Waals surface area contributed by atoms with Gasteiger partial charge >= 0.3 is 0 Å². The van der Waals surface area contributed by atoms with Gasteiger partial charge in [0.1, 0.15) is 0 Å². The van der Waals surface area contributed by atoms with Crippen LogP contribution in [-0.2, 0) is 10.0 Å². The molecule has 1 fully saturated rings. The monoisotopic (exact) mass is 302 g/mol. The standard InChI is InChI=1S/C13H22N2O2S2/c1-10(2)13(12-6-4-8-18-12)15-19(16,17)9-11-5-3-7-14-11/h4,6,8,10-11,13-15H,3,5,7,9H2,1-2H3. The van der Waals surface area contributed by atoms with Gasteiger partial charge in [0.25, 0.3) is 0 Å². The zero-order valence-electron chi connectivity index (χ0n) is 11.4. The van der Waals surface area contributed by atoms with Crippen molar-refractivity contribution in [3.05, 3.63) is 22.4 Å². The van der Waals surface area contributed by atoms with Crippen molar-refractivity contribution < 1.29 is 8.42 Å². The largest absolute Gasteiger partial charge is 0.313 e. The van der Waals surface area contributed by atoms with Crippen molar-refractivity contribution in [2.45, 2.75) is 38.8 Å². The fourth-order valence-electron chi connectivity index (χ4n) is 2.40. The second kappa shape index (κ2) is 6.35. The summed E-state index contributed by atoms with van der Waals surface area (Å²) >= 11 is 1.60. The molecule has 1 aliphatic heterocycles. The Morgan fingerprint density at radius 3 is 2.84 bits per heavy atom. The first-order valence-corrected chi connectivity index (χ1v) is 9.28. The SMILES string of the molecule is CC(C)C(NS(=O)(=O)CC1CCCN1)c1cccs1. The minimum absolute atomic E-state index is 0.105. The number of rotatable bonds is 6. The van der Waals surface area contributed by atoms with Gasteiger partial charge in [0.15, 0.2) is 0 Å². The number of hydrogen-bond donors (Lipinski definition) is 2. The molecule has 0 saturated carbocycles. The zero-order valence-corrected chi connectivity index (χ0v) is 13.1. The molecule has 108 valence electrons. The maximum absolute atomic E-state index is 12.3. The van der Waals surface area contributed by atoms with Crippen molar-refractivity contribution in [1.82, 2.24) is 10.0 Å². The van der Waals surface area contributed by atoms with Gasteiger partial charge in [0.2, 0.25) is 10.0 Å². The van der Waals surface area contributed by atoms with Crippen molar-refractivity contribution >= 4 is 21.4 Å². The van der Waals surface area contributed by atoms with Crippen LogP contribution in [0.5, 0.6) is 0 Å². The lowest BCUT2D eigenvalue weighted by molar-refractivity contribution is 0.466. The highest BCUT2D eigenvalue weighted by Gasteiger charge is 2.27. The normalized spacial score (nSPS) is 21.9. The summed E-state index contributed by atoms with van der Waals surface area (Å²) in [5, 5.41) is 5.22. The number of nitrogens with one attached hydrogen (secondary N) is 2. The highest BCUT2D eigenvalue weighted by Crippen LogP contribution is 2.26. The van der Waals surface area contributed by atoms with Crippen LogP contribution in [0.4, 0.5) is 0 Å². The summed E-state index contributed by atoms with van der Waals surface area (Å²) in [4.78, 5) is 1.08. The van der Waals surface area contributed by atoms with Crippen LogP contribution in [0.25, 0.3) is 0 Å². The molecular formula is C13H22N2O2S2. The van der Waals surface area contributed by atoms with E-state index in [9.17, 15) is 8.42 Å². The Bertz CT molecular complexity index is 477. The summed E-state index contributed by atoms with van der Waals surface area (Å²) in [6, 6.07) is 3.94. The van der Waals surface area contributed by atoms with E-state index in [1.54, 1.807) is 11.3 Å². The van der Waals surface area contributed by atoms with Crippen LogP contribution in [0, 0.1) is 5.92 Å². The summed E-state index contributed by atoms with van der Waals surface area (Å²) in [6.45, 7) is 5.01. The lowest BCUT2D eigenvalue weighted by Crippen LogP contribution is -2.39. The molecule has 2 rings (SSSR count). The van der Waals surface area contributed by atoms with Crippen LogP contribution in [0.3, 0.4) is 0 Å². The summed E-state index contributed by atoms with van der Waals surface area (Å²) in [5.74, 6) is 0.423. The van der Waals surface area contributed by atoms with E-state index < -0.39 is 10.0 Å². The molecule has 0 aromatic carbocycles. The van der Waals surface area contributed by atoms with E-state index in [2.05, 4.69) is 10.0 Å². The van der Waals surface area contributed by atoms with E-state index in [0.717, 1.165) is 24.3 Å². The zero-order chi connectivity index (χ0) is 13.9. The molecule has 0 aliphatic carbocycles. The Hall–Kier alpha value is -0.430. The first kappa shape index (κ1) is 15.0. The van der Waals surface area contributed by atoms with Gasteiger partial charge in [-0.3, -0.25) is 0 Å². The number of sulfonamides is 1. The average Bonchev–Trinajstić information content (AvgIpc) is 2.96. The highest BCUT2D eigenvalue weighted by molar-refractivity contribution is 7.89. The van der Waals surface area contributed by atoms with Gasteiger partial charge in [-0.15, -0.1) is 11.3 Å². The van der Waals surface area contributed by atoms with E-state index in [0.29, 0.717) is 0 Å². The van der Waals surface area contributed by atoms with E-state index >= 15 is 0 Å². The molecule has 19 heavy (non-hydrogen) atoms. The maximum Gasteiger partial charge on any atom is 0.213 e. The van der Waals surface area contributed by atoms with Gasteiger partial charge in [-0.2, -0.15) is 0 Å². The van der Waals surface area contributed by atoms with Gasteiger partial charge < -0.3 is 5.32 Å². The van der Waals surface area contributed by atoms with Crippen molar-refractivity contribution in [3.8, 4) is 0 Å². The van der Waals surface area contributed by atoms with Crippen LogP contribution in [0.1, 0.15) is 37.6 Å². The molecule has 0 spiro atoms. The Labute approximate surface area is 119 Å². The van der Waals surface area contributed by atoms with Crippen LogP contribution in [-0.4, -0.2) is 26.8 Å². The number of thiophene rings is 1. The van der Waals surface area contributed by atoms with Crippen molar-refractivity contribution in [1.29, 1.82) is 0 Å². The number of hydrogen-bond acceptors (Lipinski definition) is 4. The van der Waals surface area contributed by atoms with Crippen molar-refractivity contribution in [2.24, 2.45) is 5.92 Å². The Morgan fingerprint density at radius 2 is 2.32 bits per heavy atom. The quantitative estimate of drug-likeness (QED) is 0.846. The maximum atomic E-state index is 12.3. The molecule has 0 bridgehead atoms. The van der Waals surface area contributed by atoms with Gasteiger partial charge in [0.05, 0.1) is 11.8 Å². The third-order valence-electron chi connectivity index (χ3n) is 3.41. The first-order chi connectivity index (χ1) is 8.98. The topological polar surface area (TPSA) is 58.2 Å². The molecule has 1 saturated heterocycles. The second-order valence-electron chi connectivity index (χ2n) is 5.43. The first-order valence-electron chi connectivity index (χ1n) is 6.75. The van der Waals surface area contributed by atoms with Crippen LogP contribution < -0.4 is 10.0 Å². The van der Waals surface area contributed by atoms with Crippen LogP contribution >= 0.6 is 11.3 Å². The fourth-order valence-corrected chi connectivity index (χ4v) is 5.12. The summed E-state index contributed by atoms with van der Waals surface area (Å²) in [7, 11) is -3.24. The highest BCUT2D eigenvalue weighted by atomic mass is 32.2. The molecular weight excluding hydrogens is 280 g/mol. The molecule has 6 heteroatoms. The lowest BCUT2D eigenvalue weighted by Gasteiger charge is -2.22. The van der Waals surface area contributed by atoms with E-state index in [1.807, 2.05) is 31.4 Å². The molecule has 0 radical (unpaired) electrons. The molecule has 2 atom stereocenters. The minimum Gasteiger partial charge on any atom is -0.313 e. The smallest absolute Gasteiger partial charge is 0.213 e. The van der Waals surface area contributed by atoms with Gasteiger partial charge in [-0.05, 0) is 36.8 Å². The molecule has 2 N–H and O–H groups in total. The Morgan fingerprint density at radius 1 is 1.53 bits per heavy atom. The molecule has 2 heterocycles. The molecule has 2 unspecified atom stereocenters. The molecule has 4 nitrogen and oxygen atoms in total. The predicted octanol–water partition coefficient (Wildman–Crippen LogP) is 2.12. The van der Waals surface area contributed by atoms with Crippen molar-refractivity contribution in [3.63, 3.8) is 0 Å². The predicted molar refractivity (Wildman–Crippen MR) is 79.8 cm³/mol. The molecule has 0 amide bonds. The van der Waals surface area contributed by atoms with Gasteiger partial charge in [-0.1, -0.05) is 19.9 Å². The average molecular weight is 302 g/mol. The van der Waals surface area contributed by atoms with Gasteiger partial charge in [-0.25, -0.2) is 13.1 Å². The summed E-state index contributed by atoms with van der Waals surface area (Å²) < 4.78 is 27.4. The molecule has 1 aliphatic rings. The van der Waals surface area contributed by atoms with E-state index in [1.165, 1.54) is 0 Å². The summed E-state index contributed by atoms with van der Waals surface area (Å²) in [6.07, 6.45) is 2.02. The lowest BCUT2D eigenvalue weighted by atomic mass is 10.0. The van der Waals surface area contributed by atoms with Gasteiger partial charge in [0, 0.05) is 10.9 Å². The Kier molecular flexibility index (Phi) is 5.00. The Balaban J connectivity index is 2.03. The van der Waals surface area contributed by atoms with E-state index in [4.69, 9.17) is 0 Å². The summed E-state index contributed by atoms with van der Waals surface area (Å²) in [5.41, 5.74) is 0. The van der Waals surface area contributed by atoms with Crippen molar-refractivity contribution in [2.75, 3.05) is 12.3 Å². The van der Waals surface area contributed by atoms with Crippen LogP contribution in [0.15, 0.2) is 17.5 Å². The molecule has 1 aromatic heterocycles. The van der Waals surface area contributed by atoms with Crippen LogP contribution in [0.2, 0.25) is 0 Å².